The van der Waals surface area contributed by atoms with Crippen molar-refractivity contribution in [1.29, 1.82) is 0 Å². The predicted molar refractivity (Wildman–Crippen MR) is 95.2 cm³/mol. The summed E-state index contributed by atoms with van der Waals surface area (Å²) in [6.07, 6.45) is -0.806. The van der Waals surface area contributed by atoms with Crippen molar-refractivity contribution in [2.24, 2.45) is 0 Å². The highest BCUT2D eigenvalue weighted by Gasteiger charge is 2.33. The molecule has 0 radical (unpaired) electrons. The summed E-state index contributed by atoms with van der Waals surface area (Å²) in [7, 11) is 1.80. The van der Waals surface area contributed by atoms with E-state index in [0.717, 1.165) is 23.1 Å². The van der Waals surface area contributed by atoms with E-state index in [4.69, 9.17) is 4.74 Å². The van der Waals surface area contributed by atoms with Crippen LogP contribution in [0.5, 0.6) is 0 Å². The summed E-state index contributed by atoms with van der Waals surface area (Å²) >= 11 is 0. The lowest BCUT2D eigenvalue weighted by molar-refractivity contribution is -0.119. The molecule has 136 valence electrons. The molecule has 8 nitrogen and oxygen atoms in total. The number of likely N-dealkylation sites (N-methyl/N-ethyl adjacent to an activating group) is 1. The van der Waals surface area contributed by atoms with Gasteiger partial charge in [0.2, 0.25) is 5.91 Å². The average molecular weight is 356 g/mol. The molecule has 1 saturated heterocycles. The van der Waals surface area contributed by atoms with Crippen LogP contribution in [0.3, 0.4) is 0 Å². The van der Waals surface area contributed by atoms with E-state index in [0.29, 0.717) is 25.3 Å². The van der Waals surface area contributed by atoms with Crippen LogP contribution in [0.1, 0.15) is 17.4 Å². The molecule has 1 N–H and O–H groups in total. The van der Waals surface area contributed by atoms with Gasteiger partial charge in [-0.25, -0.2) is 4.79 Å². The summed E-state index contributed by atoms with van der Waals surface area (Å²) in [5.41, 5.74) is 2.36. The minimum atomic E-state index is -0.431. The van der Waals surface area contributed by atoms with E-state index in [-0.39, 0.29) is 17.9 Å². The third-order valence-electron chi connectivity index (χ3n) is 4.87. The summed E-state index contributed by atoms with van der Waals surface area (Å²) < 4.78 is 7.33. The minimum absolute atomic E-state index is 0.00459. The lowest BCUT2D eigenvalue weighted by Gasteiger charge is -2.24. The number of amides is 3. The van der Waals surface area contributed by atoms with Crippen molar-refractivity contribution in [3.8, 4) is 0 Å². The standard InChI is InChI=1S/C18H20N4O4/c1-11(23)19-9-14-10-22(18(25)26-14)13-3-4-15-12(7-13)8-16-17(24)20(2)5-6-21(15)16/h3-4,7-8,14H,5-6,9-10H2,1-2H3,(H,19,23)/t14-/m0/s1. The number of hydrogen-bond acceptors (Lipinski definition) is 4. The first-order chi connectivity index (χ1) is 12.4. The molecule has 1 fully saturated rings. The van der Waals surface area contributed by atoms with Gasteiger partial charge in [-0.1, -0.05) is 0 Å². The van der Waals surface area contributed by atoms with E-state index in [1.807, 2.05) is 28.8 Å². The van der Waals surface area contributed by atoms with E-state index in [2.05, 4.69) is 5.32 Å². The molecule has 4 rings (SSSR count). The van der Waals surface area contributed by atoms with E-state index in [9.17, 15) is 14.4 Å². The highest BCUT2D eigenvalue weighted by atomic mass is 16.6. The zero-order chi connectivity index (χ0) is 18.4. The summed E-state index contributed by atoms with van der Waals surface area (Å²) in [5, 5.41) is 3.58. The Balaban J connectivity index is 1.61. The van der Waals surface area contributed by atoms with E-state index in [1.54, 1.807) is 16.8 Å². The van der Waals surface area contributed by atoms with Gasteiger partial charge in [0.25, 0.3) is 5.91 Å². The minimum Gasteiger partial charge on any atom is -0.442 e. The van der Waals surface area contributed by atoms with Gasteiger partial charge in [0.15, 0.2) is 0 Å². The molecular weight excluding hydrogens is 336 g/mol. The SMILES string of the molecule is CC(=O)NC[C@H]1CN(c2ccc3c(c2)cc2n3CCN(C)C2=O)C(=O)O1. The quantitative estimate of drug-likeness (QED) is 0.895. The fourth-order valence-electron chi connectivity index (χ4n) is 3.49. The largest absolute Gasteiger partial charge is 0.442 e. The van der Waals surface area contributed by atoms with Crippen LogP contribution >= 0.6 is 0 Å². The molecular formula is C18H20N4O4. The van der Waals surface area contributed by atoms with Crippen LogP contribution in [-0.2, 0) is 16.1 Å². The Labute approximate surface area is 150 Å². The Morgan fingerprint density at radius 3 is 2.85 bits per heavy atom. The fraction of sp³-hybridized carbons (Fsp3) is 0.389. The van der Waals surface area contributed by atoms with Crippen molar-refractivity contribution in [2.45, 2.75) is 19.6 Å². The molecule has 3 amide bonds. The molecule has 0 unspecified atom stereocenters. The fourth-order valence-corrected chi connectivity index (χ4v) is 3.49. The van der Waals surface area contributed by atoms with Gasteiger partial charge in [-0.15, -0.1) is 0 Å². The second-order valence-corrected chi connectivity index (χ2v) is 6.70. The maximum absolute atomic E-state index is 12.3. The zero-order valence-corrected chi connectivity index (χ0v) is 14.7. The molecule has 2 aliphatic rings. The number of hydrogen-bond donors (Lipinski definition) is 1. The van der Waals surface area contributed by atoms with Gasteiger partial charge in [-0.2, -0.15) is 0 Å². The Bertz CT molecular complexity index is 919. The summed E-state index contributed by atoms with van der Waals surface area (Å²) in [6, 6.07) is 7.56. The number of nitrogens with one attached hydrogen (secondary N) is 1. The molecule has 2 aliphatic heterocycles. The van der Waals surface area contributed by atoms with Gasteiger partial charge in [-0.3, -0.25) is 14.5 Å². The van der Waals surface area contributed by atoms with Crippen molar-refractivity contribution in [3.63, 3.8) is 0 Å². The second-order valence-electron chi connectivity index (χ2n) is 6.70. The normalized spacial score (nSPS) is 19.7. The first-order valence-corrected chi connectivity index (χ1v) is 8.55. The van der Waals surface area contributed by atoms with Crippen LogP contribution in [0.25, 0.3) is 10.9 Å². The third-order valence-corrected chi connectivity index (χ3v) is 4.87. The lowest BCUT2D eigenvalue weighted by Crippen LogP contribution is -2.36. The molecule has 0 bridgehead atoms. The topological polar surface area (TPSA) is 83.9 Å². The van der Waals surface area contributed by atoms with Gasteiger partial charge in [0.05, 0.1) is 13.1 Å². The van der Waals surface area contributed by atoms with Crippen molar-refractivity contribution >= 4 is 34.5 Å². The summed E-state index contributed by atoms with van der Waals surface area (Å²) in [6.45, 7) is 3.53. The summed E-state index contributed by atoms with van der Waals surface area (Å²) in [5.74, 6) is -0.153. The monoisotopic (exact) mass is 356 g/mol. The van der Waals surface area contributed by atoms with E-state index >= 15 is 0 Å². The van der Waals surface area contributed by atoms with Crippen LogP contribution < -0.4 is 10.2 Å². The first kappa shape index (κ1) is 16.4. The molecule has 1 aromatic carbocycles. The molecule has 0 spiro atoms. The highest BCUT2D eigenvalue weighted by Crippen LogP contribution is 2.29. The molecule has 0 aliphatic carbocycles. The zero-order valence-electron chi connectivity index (χ0n) is 14.7. The summed E-state index contributed by atoms with van der Waals surface area (Å²) in [4.78, 5) is 38.8. The van der Waals surface area contributed by atoms with Crippen molar-refractivity contribution in [3.05, 3.63) is 30.0 Å². The number of benzene rings is 1. The van der Waals surface area contributed by atoms with Crippen molar-refractivity contribution < 1.29 is 19.1 Å². The third kappa shape index (κ3) is 2.67. The van der Waals surface area contributed by atoms with Gasteiger partial charge < -0.3 is 19.5 Å². The Hall–Kier alpha value is -3.03. The molecule has 1 atom stereocenters. The molecule has 26 heavy (non-hydrogen) atoms. The second kappa shape index (κ2) is 6.05. The number of carbonyl (C=O) groups is 3. The molecule has 0 saturated carbocycles. The van der Waals surface area contributed by atoms with Crippen LogP contribution in [0.4, 0.5) is 10.5 Å². The van der Waals surface area contributed by atoms with Gasteiger partial charge in [0, 0.05) is 43.7 Å². The van der Waals surface area contributed by atoms with Crippen LogP contribution in [0.15, 0.2) is 24.3 Å². The molecule has 8 heteroatoms. The number of ether oxygens (including phenoxy) is 1. The molecule has 1 aromatic heterocycles. The number of fused-ring (bicyclic) bond motifs is 3. The highest BCUT2D eigenvalue weighted by molar-refractivity contribution is 6.01. The van der Waals surface area contributed by atoms with E-state index in [1.165, 1.54) is 6.92 Å². The van der Waals surface area contributed by atoms with Gasteiger partial charge in [0.1, 0.15) is 11.8 Å². The smallest absolute Gasteiger partial charge is 0.414 e. The Kier molecular flexibility index (Phi) is 3.82. The van der Waals surface area contributed by atoms with Gasteiger partial charge >= 0.3 is 6.09 Å². The maximum Gasteiger partial charge on any atom is 0.414 e. The number of rotatable bonds is 3. The average Bonchev–Trinajstić information content (AvgIpc) is 3.16. The van der Waals surface area contributed by atoms with Gasteiger partial charge in [-0.05, 0) is 24.3 Å². The van der Waals surface area contributed by atoms with Crippen molar-refractivity contribution in [2.75, 3.05) is 31.6 Å². The number of anilines is 1. The maximum atomic E-state index is 12.3. The Morgan fingerprint density at radius 1 is 1.27 bits per heavy atom. The number of carbonyl (C=O) groups excluding carboxylic acids is 3. The van der Waals surface area contributed by atoms with Crippen LogP contribution in [-0.4, -0.2) is 60.2 Å². The van der Waals surface area contributed by atoms with Crippen molar-refractivity contribution in [1.82, 2.24) is 14.8 Å². The predicted octanol–water partition coefficient (Wildman–Crippen LogP) is 1.19. The number of aromatic nitrogens is 1. The number of cyclic esters (lactones) is 1. The molecule has 2 aromatic rings. The first-order valence-electron chi connectivity index (χ1n) is 8.55. The Morgan fingerprint density at radius 2 is 2.08 bits per heavy atom. The number of nitrogens with zero attached hydrogens (tertiary/aromatic N) is 3. The molecule has 3 heterocycles. The lowest BCUT2D eigenvalue weighted by atomic mass is 10.2. The van der Waals surface area contributed by atoms with E-state index < -0.39 is 6.09 Å². The van der Waals surface area contributed by atoms with Crippen LogP contribution in [0, 0.1) is 0 Å². The van der Waals surface area contributed by atoms with Crippen LogP contribution in [0.2, 0.25) is 0 Å².